The molecule has 2 N–H and O–H groups in total. The van der Waals surface area contributed by atoms with Crippen LogP contribution in [-0.2, 0) is 5.54 Å². The summed E-state index contributed by atoms with van der Waals surface area (Å²) in [7, 11) is 0. The van der Waals surface area contributed by atoms with Gasteiger partial charge in [0.05, 0.1) is 41.7 Å². The Morgan fingerprint density at radius 1 is 1.10 bits per heavy atom. The topological polar surface area (TPSA) is 130 Å². The second kappa shape index (κ2) is 7.19. The van der Waals surface area contributed by atoms with Gasteiger partial charge in [0.1, 0.15) is 11.5 Å². The molecule has 8 nitrogen and oxygen atoms in total. The molecule has 0 unspecified atom stereocenters. The third-order valence-electron chi connectivity index (χ3n) is 5.91. The molecule has 1 fully saturated rings. The summed E-state index contributed by atoms with van der Waals surface area (Å²) in [5.41, 5.74) is 9.67. The van der Waals surface area contributed by atoms with Crippen molar-refractivity contribution >= 4 is 16.7 Å². The van der Waals surface area contributed by atoms with E-state index < -0.39 is 5.54 Å². The number of rotatable bonds is 4. The fourth-order valence-corrected chi connectivity index (χ4v) is 4.30. The predicted molar refractivity (Wildman–Crippen MR) is 115 cm³/mol. The van der Waals surface area contributed by atoms with Crippen LogP contribution >= 0.6 is 0 Å². The van der Waals surface area contributed by atoms with E-state index in [0.717, 1.165) is 27.6 Å². The summed E-state index contributed by atoms with van der Waals surface area (Å²) in [4.78, 5) is 10.3. The molecule has 0 amide bonds. The van der Waals surface area contributed by atoms with Gasteiger partial charge in [-0.1, -0.05) is 6.07 Å². The Kier molecular flexibility index (Phi) is 4.34. The Balaban J connectivity index is 1.64. The van der Waals surface area contributed by atoms with Crippen LogP contribution in [0.2, 0.25) is 0 Å². The van der Waals surface area contributed by atoms with Gasteiger partial charge in [0, 0.05) is 28.9 Å². The first-order chi connectivity index (χ1) is 15.1. The van der Waals surface area contributed by atoms with E-state index in [1.807, 2.05) is 36.4 Å². The van der Waals surface area contributed by atoms with E-state index in [-0.39, 0.29) is 12.3 Å². The number of hydrogen-bond acceptors (Lipinski definition) is 7. The second-order valence-electron chi connectivity index (χ2n) is 7.84. The number of nitrogens with zero attached hydrogens (tertiary/aromatic N) is 7. The number of anilines is 1. The third kappa shape index (κ3) is 3.06. The molecule has 0 atom stereocenters. The van der Waals surface area contributed by atoms with Crippen molar-refractivity contribution in [1.29, 1.82) is 10.5 Å². The summed E-state index contributed by atoms with van der Waals surface area (Å²) in [5.74, 6) is 0.377. The molecule has 3 aromatic heterocycles. The van der Waals surface area contributed by atoms with Gasteiger partial charge in [0.25, 0.3) is 0 Å². The molecular weight excluding hydrogens is 388 g/mol. The van der Waals surface area contributed by atoms with Crippen molar-refractivity contribution in [2.75, 3.05) is 5.73 Å². The van der Waals surface area contributed by atoms with Crippen LogP contribution in [0.25, 0.3) is 33.3 Å². The number of nitrogen functional groups attached to an aromatic ring is 1. The van der Waals surface area contributed by atoms with Gasteiger partial charge in [0.15, 0.2) is 0 Å². The van der Waals surface area contributed by atoms with Crippen molar-refractivity contribution in [2.24, 2.45) is 5.92 Å². The minimum atomic E-state index is -0.521. The number of pyridine rings is 2. The van der Waals surface area contributed by atoms with Crippen LogP contribution in [0.15, 0.2) is 55.0 Å². The van der Waals surface area contributed by atoms with Crippen LogP contribution in [0.5, 0.6) is 0 Å². The van der Waals surface area contributed by atoms with Gasteiger partial charge in [-0.05, 0) is 48.7 Å². The minimum absolute atomic E-state index is 0.0651. The highest BCUT2D eigenvalue weighted by atomic mass is 15.5. The molecule has 0 bridgehead atoms. The lowest BCUT2D eigenvalue weighted by Crippen LogP contribution is -2.47. The Morgan fingerprint density at radius 3 is 2.68 bits per heavy atom. The molecular formula is C23H18N8. The van der Waals surface area contributed by atoms with Crippen LogP contribution in [-0.4, -0.2) is 25.0 Å². The molecule has 0 radical (unpaired) electrons. The first-order valence-electron chi connectivity index (χ1n) is 9.93. The summed E-state index contributed by atoms with van der Waals surface area (Å²) in [6.45, 7) is 0. The molecule has 0 spiro atoms. The molecule has 1 aliphatic carbocycles. The Hall–Kier alpha value is -4.30. The average Bonchev–Trinajstić information content (AvgIpc) is 3.26. The second-order valence-corrected chi connectivity index (χ2v) is 7.84. The Morgan fingerprint density at radius 2 is 1.90 bits per heavy atom. The van der Waals surface area contributed by atoms with Crippen LogP contribution in [0.4, 0.5) is 5.82 Å². The Bertz CT molecular complexity index is 1370. The van der Waals surface area contributed by atoms with E-state index in [9.17, 15) is 10.5 Å². The number of nitrogens with two attached hydrogens (primary N) is 1. The molecule has 8 heteroatoms. The fourth-order valence-electron chi connectivity index (χ4n) is 4.30. The minimum Gasteiger partial charge on any atom is -0.383 e. The lowest BCUT2D eigenvalue weighted by Gasteiger charge is -2.42. The van der Waals surface area contributed by atoms with Crippen LogP contribution in [0.3, 0.4) is 0 Å². The van der Waals surface area contributed by atoms with Crippen molar-refractivity contribution in [3.8, 4) is 34.5 Å². The highest BCUT2D eigenvalue weighted by Gasteiger charge is 2.48. The normalized spacial score (nSPS) is 20.0. The van der Waals surface area contributed by atoms with Crippen molar-refractivity contribution in [2.45, 2.75) is 24.8 Å². The lowest BCUT2D eigenvalue weighted by molar-refractivity contribution is 0.0713. The number of hydrogen-bond donors (Lipinski definition) is 1. The quantitative estimate of drug-likeness (QED) is 0.547. The molecule has 1 aliphatic rings. The summed E-state index contributed by atoms with van der Waals surface area (Å²) in [6, 6.07) is 16.1. The van der Waals surface area contributed by atoms with E-state index >= 15 is 0 Å². The SMILES string of the molecule is N#CC[C@]1(n2ncc(-c3cc(-c4cccnc4N)cc4ncccc34)n2)C[C@H](C#N)C1. The van der Waals surface area contributed by atoms with E-state index in [1.54, 1.807) is 23.4 Å². The molecule has 4 aromatic rings. The van der Waals surface area contributed by atoms with E-state index in [2.05, 4.69) is 27.2 Å². The third-order valence-corrected chi connectivity index (χ3v) is 5.91. The van der Waals surface area contributed by atoms with Crippen molar-refractivity contribution in [3.63, 3.8) is 0 Å². The molecule has 3 heterocycles. The van der Waals surface area contributed by atoms with Gasteiger partial charge >= 0.3 is 0 Å². The number of fused-ring (bicyclic) bond motifs is 1. The largest absolute Gasteiger partial charge is 0.383 e. The maximum Gasteiger partial charge on any atom is 0.131 e. The maximum atomic E-state index is 9.31. The van der Waals surface area contributed by atoms with Crippen LogP contribution < -0.4 is 5.73 Å². The fraction of sp³-hybridized carbons (Fsp3) is 0.217. The average molecular weight is 406 g/mol. The Labute approximate surface area is 178 Å². The standard InChI is InChI=1S/C23H18N8/c24-6-5-23(11-15(12-23)13-25)31-29-14-21(30-31)19-9-16(17-3-1-8-28-22(17)26)10-20-18(19)4-2-7-27-20/h1-4,7-10,14-15H,5,11-12H2,(H2,26,28)/t15-,23-. The molecule has 0 aliphatic heterocycles. The summed E-state index contributed by atoms with van der Waals surface area (Å²) < 4.78 is 0. The molecule has 150 valence electrons. The number of benzene rings is 1. The van der Waals surface area contributed by atoms with Gasteiger partial charge in [-0.3, -0.25) is 4.98 Å². The van der Waals surface area contributed by atoms with Crippen LogP contribution in [0, 0.1) is 28.6 Å². The first kappa shape index (κ1) is 18.7. The zero-order valence-corrected chi connectivity index (χ0v) is 16.6. The van der Waals surface area contributed by atoms with E-state index in [1.165, 1.54) is 0 Å². The predicted octanol–water partition coefficient (Wildman–Crippen LogP) is 3.68. The zero-order chi connectivity index (χ0) is 21.4. The highest BCUT2D eigenvalue weighted by Crippen LogP contribution is 2.45. The highest BCUT2D eigenvalue weighted by molar-refractivity contribution is 5.98. The van der Waals surface area contributed by atoms with Crippen molar-refractivity contribution in [1.82, 2.24) is 25.0 Å². The van der Waals surface area contributed by atoms with E-state index in [4.69, 9.17) is 10.8 Å². The van der Waals surface area contributed by atoms with Gasteiger partial charge in [-0.15, -0.1) is 0 Å². The zero-order valence-electron chi connectivity index (χ0n) is 16.6. The van der Waals surface area contributed by atoms with Crippen molar-refractivity contribution < 1.29 is 0 Å². The van der Waals surface area contributed by atoms with Gasteiger partial charge < -0.3 is 5.73 Å². The van der Waals surface area contributed by atoms with Gasteiger partial charge in [-0.25, -0.2) is 4.98 Å². The summed E-state index contributed by atoms with van der Waals surface area (Å²) >= 11 is 0. The van der Waals surface area contributed by atoms with Crippen molar-refractivity contribution in [3.05, 3.63) is 55.0 Å². The monoisotopic (exact) mass is 406 g/mol. The number of aromatic nitrogens is 5. The van der Waals surface area contributed by atoms with Gasteiger partial charge in [0.2, 0.25) is 0 Å². The maximum absolute atomic E-state index is 9.31. The lowest BCUT2D eigenvalue weighted by atomic mass is 9.68. The summed E-state index contributed by atoms with van der Waals surface area (Å²) in [5, 5.41) is 28.7. The smallest absolute Gasteiger partial charge is 0.131 e. The van der Waals surface area contributed by atoms with Crippen LogP contribution in [0.1, 0.15) is 19.3 Å². The molecule has 1 saturated carbocycles. The number of nitriles is 2. The first-order valence-corrected chi connectivity index (χ1v) is 9.93. The summed E-state index contributed by atoms with van der Waals surface area (Å²) in [6.07, 6.45) is 6.55. The molecule has 5 rings (SSSR count). The molecule has 31 heavy (non-hydrogen) atoms. The van der Waals surface area contributed by atoms with Gasteiger partial charge in [-0.2, -0.15) is 25.5 Å². The molecule has 0 saturated heterocycles. The van der Waals surface area contributed by atoms with E-state index in [0.29, 0.717) is 24.4 Å². The molecule has 1 aromatic carbocycles.